The SMILES string of the molecule is CC(C)[C@@H]1CN([C@H](C)C(=O)NC(=O)NCc2ccccc2)CCS1. The molecule has 3 amide bonds. The number of carbonyl (C=O) groups excluding carboxylic acids is 2. The van der Waals surface area contributed by atoms with Gasteiger partial charge in [0.1, 0.15) is 0 Å². The van der Waals surface area contributed by atoms with E-state index in [0.29, 0.717) is 17.7 Å². The van der Waals surface area contributed by atoms with Crippen LogP contribution < -0.4 is 10.6 Å². The second kappa shape index (κ2) is 9.08. The molecular weight excluding hydrogens is 322 g/mol. The van der Waals surface area contributed by atoms with Gasteiger partial charge in [0, 0.05) is 30.6 Å². The van der Waals surface area contributed by atoms with E-state index in [9.17, 15) is 9.59 Å². The maximum Gasteiger partial charge on any atom is 0.321 e. The first-order valence-electron chi connectivity index (χ1n) is 8.45. The lowest BCUT2D eigenvalue weighted by Crippen LogP contribution is -2.53. The summed E-state index contributed by atoms with van der Waals surface area (Å²) in [5, 5.41) is 5.72. The van der Waals surface area contributed by atoms with Gasteiger partial charge in [0.15, 0.2) is 0 Å². The van der Waals surface area contributed by atoms with Crippen molar-refractivity contribution < 1.29 is 9.59 Å². The van der Waals surface area contributed by atoms with E-state index in [0.717, 1.165) is 24.4 Å². The molecule has 1 heterocycles. The monoisotopic (exact) mass is 349 g/mol. The zero-order valence-electron chi connectivity index (χ0n) is 14.6. The number of amides is 3. The number of thioether (sulfide) groups is 1. The molecule has 0 aliphatic carbocycles. The predicted molar refractivity (Wildman–Crippen MR) is 98.9 cm³/mol. The largest absolute Gasteiger partial charge is 0.334 e. The first kappa shape index (κ1) is 18.8. The first-order valence-corrected chi connectivity index (χ1v) is 9.50. The first-order chi connectivity index (χ1) is 11.5. The molecule has 1 saturated heterocycles. The average molecular weight is 350 g/mol. The molecule has 5 nitrogen and oxygen atoms in total. The predicted octanol–water partition coefficient (Wildman–Crippen LogP) is 2.47. The Labute approximate surface area is 148 Å². The van der Waals surface area contributed by atoms with Gasteiger partial charge in [0.2, 0.25) is 5.91 Å². The molecule has 1 fully saturated rings. The number of benzene rings is 1. The van der Waals surface area contributed by atoms with Crippen molar-refractivity contribution in [1.82, 2.24) is 15.5 Å². The summed E-state index contributed by atoms with van der Waals surface area (Å²) in [6.07, 6.45) is 0. The fourth-order valence-electron chi connectivity index (χ4n) is 2.66. The third-order valence-corrected chi connectivity index (χ3v) is 5.87. The molecule has 24 heavy (non-hydrogen) atoms. The van der Waals surface area contributed by atoms with Crippen molar-refractivity contribution in [3.8, 4) is 0 Å². The van der Waals surface area contributed by atoms with Crippen LogP contribution >= 0.6 is 11.8 Å². The van der Waals surface area contributed by atoms with Crippen molar-refractivity contribution in [2.75, 3.05) is 18.8 Å². The number of imide groups is 1. The lowest BCUT2D eigenvalue weighted by atomic mass is 10.1. The van der Waals surface area contributed by atoms with Crippen LogP contribution in [0.5, 0.6) is 0 Å². The highest BCUT2D eigenvalue weighted by Gasteiger charge is 2.29. The molecule has 0 unspecified atom stereocenters. The molecule has 6 heteroatoms. The molecule has 0 radical (unpaired) electrons. The van der Waals surface area contributed by atoms with Crippen molar-refractivity contribution in [3.05, 3.63) is 35.9 Å². The third kappa shape index (κ3) is 5.53. The summed E-state index contributed by atoms with van der Waals surface area (Å²) < 4.78 is 0. The third-order valence-electron chi connectivity index (χ3n) is 4.33. The molecule has 0 spiro atoms. The van der Waals surface area contributed by atoms with Gasteiger partial charge < -0.3 is 5.32 Å². The van der Waals surface area contributed by atoms with Gasteiger partial charge in [-0.3, -0.25) is 15.0 Å². The molecule has 0 aromatic heterocycles. The molecular formula is C18H27N3O2S. The van der Waals surface area contributed by atoms with E-state index in [1.807, 2.05) is 49.0 Å². The minimum atomic E-state index is -0.442. The van der Waals surface area contributed by atoms with Crippen LogP contribution in [0.2, 0.25) is 0 Å². The molecule has 132 valence electrons. The van der Waals surface area contributed by atoms with Gasteiger partial charge in [-0.2, -0.15) is 11.8 Å². The van der Waals surface area contributed by atoms with Crippen molar-refractivity contribution >= 4 is 23.7 Å². The maximum atomic E-state index is 12.3. The second-order valence-corrected chi connectivity index (χ2v) is 7.83. The van der Waals surface area contributed by atoms with Gasteiger partial charge in [-0.15, -0.1) is 0 Å². The van der Waals surface area contributed by atoms with E-state index in [1.54, 1.807) is 0 Å². The Hall–Kier alpha value is -1.53. The molecule has 1 aliphatic rings. The number of hydrogen-bond acceptors (Lipinski definition) is 4. The van der Waals surface area contributed by atoms with Crippen molar-refractivity contribution in [3.63, 3.8) is 0 Å². The van der Waals surface area contributed by atoms with E-state index in [1.165, 1.54) is 0 Å². The number of nitrogens with zero attached hydrogens (tertiary/aromatic N) is 1. The number of nitrogens with one attached hydrogen (secondary N) is 2. The number of rotatable bonds is 5. The van der Waals surface area contributed by atoms with Gasteiger partial charge in [0.25, 0.3) is 0 Å². The minimum absolute atomic E-state index is 0.241. The highest BCUT2D eigenvalue weighted by atomic mass is 32.2. The van der Waals surface area contributed by atoms with Crippen molar-refractivity contribution in [2.45, 2.75) is 38.6 Å². The Kier molecular flexibility index (Phi) is 7.12. The molecule has 1 aromatic carbocycles. The Morgan fingerprint density at radius 3 is 2.62 bits per heavy atom. The Balaban J connectivity index is 1.79. The van der Waals surface area contributed by atoms with Crippen molar-refractivity contribution in [2.24, 2.45) is 5.92 Å². The van der Waals surface area contributed by atoms with E-state index in [-0.39, 0.29) is 11.9 Å². The molecule has 2 atom stereocenters. The van der Waals surface area contributed by atoms with Gasteiger partial charge in [-0.1, -0.05) is 44.2 Å². The van der Waals surface area contributed by atoms with Crippen molar-refractivity contribution in [1.29, 1.82) is 0 Å². The standard InChI is InChI=1S/C18H27N3O2S/c1-13(2)16-12-21(9-10-24-16)14(3)17(22)20-18(23)19-11-15-7-5-4-6-8-15/h4-8,13-14,16H,9-12H2,1-3H3,(H2,19,20,22,23)/t14-,16+/m1/s1. The van der Waals surface area contributed by atoms with Gasteiger partial charge in [0.05, 0.1) is 6.04 Å². The zero-order valence-corrected chi connectivity index (χ0v) is 15.4. The van der Waals surface area contributed by atoms with Crippen LogP contribution in [0, 0.1) is 5.92 Å². The number of carbonyl (C=O) groups is 2. The molecule has 2 rings (SSSR count). The van der Waals surface area contributed by atoms with Gasteiger partial charge >= 0.3 is 6.03 Å². The van der Waals surface area contributed by atoms with Crippen LogP contribution in [0.3, 0.4) is 0 Å². The normalized spacial score (nSPS) is 19.8. The summed E-state index contributed by atoms with van der Waals surface area (Å²) in [7, 11) is 0. The van der Waals surface area contributed by atoms with Crippen LogP contribution in [0.1, 0.15) is 26.3 Å². The number of hydrogen-bond donors (Lipinski definition) is 2. The van der Waals surface area contributed by atoms with Crippen LogP contribution in [0.25, 0.3) is 0 Å². The summed E-state index contributed by atoms with van der Waals surface area (Å²) in [6, 6.07) is 8.89. The lowest BCUT2D eigenvalue weighted by Gasteiger charge is -2.37. The molecule has 0 saturated carbocycles. The van der Waals surface area contributed by atoms with E-state index >= 15 is 0 Å². The lowest BCUT2D eigenvalue weighted by molar-refractivity contribution is -0.124. The van der Waals surface area contributed by atoms with E-state index in [2.05, 4.69) is 29.4 Å². The topological polar surface area (TPSA) is 61.4 Å². The molecule has 1 aromatic rings. The summed E-state index contributed by atoms with van der Waals surface area (Å²) >= 11 is 1.97. The Bertz CT molecular complexity index is 550. The summed E-state index contributed by atoms with van der Waals surface area (Å²) in [4.78, 5) is 26.4. The average Bonchev–Trinajstić information content (AvgIpc) is 2.60. The van der Waals surface area contributed by atoms with E-state index < -0.39 is 6.03 Å². The fourth-order valence-corrected chi connectivity index (χ4v) is 3.98. The maximum absolute atomic E-state index is 12.3. The number of urea groups is 1. The summed E-state index contributed by atoms with van der Waals surface area (Å²) in [6.45, 7) is 8.47. The molecule has 1 aliphatic heterocycles. The fraction of sp³-hybridized carbons (Fsp3) is 0.556. The zero-order chi connectivity index (χ0) is 17.5. The van der Waals surface area contributed by atoms with Crippen LogP contribution in [-0.4, -0.2) is 47.0 Å². The molecule has 2 N–H and O–H groups in total. The smallest absolute Gasteiger partial charge is 0.321 e. The highest BCUT2D eigenvalue weighted by molar-refractivity contribution is 8.00. The van der Waals surface area contributed by atoms with Gasteiger partial charge in [-0.25, -0.2) is 4.79 Å². The van der Waals surface area contributed by atoms with Gasteiger partial charge in [-0.05, 0) is 18.4 Å². The quantitative estimate of drug-likeness (QED) is 0.857. The minimum Gasteiger partial charge on any atom is -0.334 e. The van der Waals surface area contributed by atoms with Crippen LogP contribution in [-0.2, 0) is 11.3 Å². The summed E-state index contributed by atoms with van der Waals surface area (Å²) in [5.41, 5.74) is 1.00. The molecule has 0 bridgehead atoms. The Morgan fingerprint density at radius 2 is 1.96 bits per heavy atom. The Morgan fingerprint density at radius 1 is 1.25 bits per heavy atom. The second-order valence-electron chi connectivity index (χ2n) is 6.48. The van der Waals surface area contributed by atoms with Crippen LogP contribution in [0.15, 0.2) is 30.3 Å². The van der Waals surface area contributed by atoms with Crippen LogP contribution in [0.4, 0.5) is 4.79 Å². The van der Waals surface area contributed by atoms with E-state index in [4.69, 9.17) is 0 Å². The highest BCUT2D eigenvalue weighted by Crippen LogP contribution is 2.25. The summed E-state index contributed by atoms with van der Waals surface area (Å²) in [5.74, 6) is 1.37.